The molecule has 2 aromatic heterocycles. The van der Waals surface area contributed by atoms with Crippen molar-refractivity contribution in [3.63, 3.8) is 0 Å². The lowest BCUT2D eigenvalue weighted by atomic mass is 10.3. The normalized spacial score (nSPS) is 10.3. The number of nitro groups is 1. The highest BCUT2D eigenvalue weighted by atomic mass is 32.1. The number of H-pyrrole nitrogens is 1. The minimum atomic E-state index is -0.423. The first-order valence-corrected chi connectivity index (χ1v) is 4.54. The monoisotopic (exact) mass is 210 g/mol. The zero-order valence-electron chi connectivity index (χ0n) is 6.93. The van der Waals surface area contributed by atoms with Crippen LogP contribution in [0.5, 0.6) is 0 Å². The van der Waals surface area contributed by atoms with Crippen molar-refractivity contribution in [1.29, 1.82) is 0 Å². The summed E-state index contributed by atoms with van der Waals surface area (Å²) in [6.45, 7) is 0. The third-order valence-corrected chi connectivity index (χ3v) is 2.71. The van der Waals surface area contributed by atoms with Gasteiger partial charge >= 0.3 is 5.00 Å². The number of nitrogens with zero attached hydrogens (tertiary/aromatic N) is 2. The summed E-state index contributed by atoms with van der Waals surface area (Å²) in [5, 5.41) is 16.9. The van der Waals surface area contributed by atoms with E-state index in [1.165, 1.54) is 6.07 Å². The molecule has 0 bridgehead atoms. The van der Waals surface area contributed by atoms with Gasteiger partial charge in [-0.1, -0.05) is 11.3 Å². The van der Waals surface area contributed by atoms with Crippen LogP contribution in [-0.4, -0.2) is 15.1 Å². The second kappa shape index (κ2) is 3.11. The molecule has 0 amide bonds. The first kappa shape index (κ1) is 8.70. The summed E-state index contributed by atoms with van der Waals surface area (Å²) in [6.07, 6.45) is 0. The highest BCUT2D eigenvalue weighted by Gasteiger charge is 2.11. The first-order chi connectivity index (χ1) is 6.66. The fraction of sp³-hybridized carbons (Fsp3) is 0. The molecular weight excluding hydrogens is 204 g/mol. The fourth-order valence-corrected chi connectivity index (χ4v) is 1.82. The predicted octanol–water partition coefficient (Wildman–Crippen LogP) is 1.63. The number of hydrogen-bond acceptors (Lipinski definition) is 5. The van der Waals surface area contributed by atoms with E-state index in [0.29, 0.717) is 11.5 Å². The van der Waals surface area contributed by atoms with Crippen molar-refractivity contribution in [2.75, 3.05) is 5.73 Å². The summed E-state index contributed by atoms with van der Waals surface area (Å²) in [7, 11) is 0. The van der Waals surface area contributed by atoms with Crippen molar-refractivity contribution < 1.29 is 4.92 Å². The van der Waals surface area contributed by atoms with Crippen molar-refractivity contribution in [2.24, 2.45) is 0 Å². The van der Waals surface area contributed by atoms with E-state index in [-0.39, 0.29) is 5.00 Å². The molecule has 72 valence electrons. The number of thiophene rings is 1. The Morgan fingerprint density at radius 3 is 2.86 bits per heavy atom. The van der Waals surface area contributed by atoms with E-state index < -0.39 is 4.92 Å². The Bertz CT molecular complexity index is 475. The second-order valence-corrected chi connectivity index (χ2v) is 3.66. The molecule has 0 aromatic carbocycles. The first-order valence-electron chi connectivity index (χ1n) is 3.72. The average molecular weight is 210 g/mol. The van der Waals surface area contributed by atoms with E-state index in [4.69, 9.17) is 5.73 Å². The van der Waals surface area contributed by atoms with Crippen LogP contribution in [0.4, 0.5) is 10.8 Å². The van der Waals surface area contributed by atoms with Gasteiger partial charge in [0.15, 0.2) is 0 Å². The molecule has 0 aliphatic carbocycles. The SMILES string of the molecule is Nc1cc(-c2ccc([N+](=O)[O-])s2)[nH]n1. The number of nitrogens with two attached hydrogens (primary N) is 1. The number of nitrogen functional groups attached to an aromatic ring is 1. The van der Waals surface area contributed by atoms with Gasteiger partial charge in [0.05, 0.1) is 15.5 Å². The van der Waals surface area contributed by atoms with Gasteiger partial charge in [-0.05, 0) is 6.07 Å². The molecule has 2 heterocycles. The highest BCUT2D eigenvalue weighted by Crippen LogP contribution is 2.31. The lowest BCUT2D eigenvalue weighted by molar-refractivity contribution is -0.380. The van der Waals surface area contributed by atoms with Crippen molar-refractivity contribution >= 4 is 22.2 Å². The van der Waals surface area contributed by atoms with Gasteiger partial charge in [0, 0.05) is 12.1 Å². The minimum Gasteiger partial charge on any atom is -0.382 e. The van der Waals surface area contributed by atoms with Crippen LogP contribution in [-0.2, 0) is 0 Å². The summed E-state index contributed by atoms with van der Waals surface area (Å²) in [5.74, 6) is 0.371. The van der Waals surface area contributed by atoms with Crippen molar-refractivity contribution in [3.8, 4) is 10.6 Å². The van der Waals surface area contributed by atoms with Crippen LogP contribution in [0.2, 0.25) is 0 Å². The lowest BCUT2D eigenvalue weighted by Gasteiger charge is -1.85. The number of anilines is 1. The molecule has 0 atom stereocenters. The standard InChI is InChI=1S/C7H6N4O2S/c8-6-3-4(9-10-6)5-1-2-7(14-5)11(12)13/h1-3H,(H3,8,9,10). The van der Waals surface area contributed by atoms with Crippen LogP contribution in [0.3, 0.4) is 0 Å². The topological polar surface area (TPSA) is 97.8 Å². The Morgan fingerprint density at radius 1 is 1.57 bits per heavy atom. The van der Waals surface area contributed by atoms with Gasteiger partial charge < -0.3 is 5.73 Å². The van der Waals surface area contributed by atoms with Crippen LogP contribution < -0.4 is 5.73 Å². The van der Waals surface area contributed by atoms with Gasteiger partial charge in [0.25, 0.3) is 0 Å². The summed E-state index contributed by atoms with van der Waals surface area (Å²) in [5.41, 5.74) is 6.11. The number of rotatable bonds is 2. The molecule has 0 saturated heterocycles. The summed E-state index contributed by atoms with van der Waals surface area (Å²) < 4.78 is 0. The molecule has 0 aliphatic rings. The third kappa shape index (κ3) is 1.44. The van der Waals surface area contributed by atoms with Crippen LogP contribution in [0.1, 0.15) is 0 Å². The second-order valence-electron chi connectivity index (χ2n) is 2.60. The van der Waals surface area contributed by atoms with Crippen molar-refractivity contribution in [2.45, 2.75) is 0 Å². The highest BCUT2D eigenvalue weighted by molar-refractivity contribution is 7.18. The van der Waals surface area contributed by atoms with E-state index in [1.807, 2.05) is 0 Å². The van der Waals surface area contributed by atoms with Crippen LogP contribution >= 0.6 is 11.3 Å². The molecule has 2 rings (SSSR count). The largest absolute Gasteiger partial charge is 0.382 e. The number of nitrogens with one attached hydrogen (secondary N) is 1. The van der Waals surface area contributed by atoms with Gasteiger partial charge in [-0.15, -0.1) is 0 Å². The van der Waals surface area contributed by atoms with E-state index in [1.54, 1.807) is 12.1 Å². The molecule has 0 spiro atoms. The molecule has 6 nitrogen and oxygen atoms in total. The molecule has 7 heteroatoms. The number of hydrogen-bond donors (Lipinski definition) is 2. The molecular formula is C7H6N4O2S. The van der Waals surface area contributed by atoms with E-state index in [2.05, 4.69) is 10.2 Å². The number of aromatic amines is 1. The summed E-state index contributed by atoms with van der Waals surface area (Å²) >= 11 is 1.08. The van der Waals surface area contributed by atoms with Gasteiger partial charge in [0.1, 0.15) is 5.82 Å². The van der Waals surface area contributed by atoms with Gasteiger partial charge in [-0.3, -0.25) is 15.2 Å². The quantitative estimate of drug-likeness (QED) is 0.581. The molecule has 0 fully saturated rings. The minimum absolute atomic E-state index is 0.105. The van der Waals surface area contributed by atoms with E-state index in [0.717, 1.165) is 16.2 Å². The average Bonchev–Trinajstić information content (AvgIpc) is 2.70. The number of aromatic nitrogens is 2. The lowest BCUT2D eigenvalue weighted by Crippen LogP contribution is -1.81. The Hall–Kier alpha value is -1.89. The Balaban J connectivity index is 2.38. The third-order valence-electron chi connectivity index (χ3n) is 1.63. The molecule has 0 unspecified atom stereocenters. The zero-order chi connectivity index (χ0) is 10.1. The van der Waals surface area contributed by atoms with Crippen LogP contribution in [0.25, 0.3) is 10.6 Å². The summed E-state index contributed by atoms with van der Waals surface area (Å²) in [4.78, 5) is 10.7. The Kier molecular flexibility index (Phi) is 1.93. The van der Waals surface area contributed by atoms with Crippen LogP contribution in [0.15, 0.2) is 18.2 Å². The van der Waals surface area contributed by atoms with Gasteiger partial charge in [-0.25, -0.2) is 0 Å². The zero-order valence-corrected chi connectivity index (χ0v) is 7.75. The molecule has 3 N–H and O–H groups in total. The summed E-state index contributed by atoms with van der Waals surface area (Å²) in [6, 6.07) is 4.75. The maximum atomic E-state index is 10.4. The Labute approximate surface area is 82.5 Å². The fourth-order valence-electron chi connectivity index (χ4n) is 1.03. The molecule has 0 aliphatic heterocycles. The maximum absolute atomic E-state index is 10.4. The van der Waals surface area contributed by atoms with Gasteiger partial charge in [-0.2, -0.15) is 5.10 Å². The van der Waals surface area contributed by atoms with E-state index in [9.17, 15) is 10.1 Å². The van der Waals surface area contributed by atoms with Gasteiger partial charge in [0.2, 0.25) is 0 Å². The van der Waals surface area contributed by atoms with Crippen molar-refractivity contribution in [3.05, 3.63) is 28.3 Å². The Morgan fingerprint density at radius 2 is 2.36 bits per heavy atom. The predicted molar refractivity (Wildman–Crippen MR) is 53.0 cm³/mol. The molecule has 0 saturated carbocycles. The molecule has 2 aromatic rings. The molecule has 14 heavy (non-hydrogen) atoms. The van der Waals surface area contributed by atoms with Crippen molar-refractivity contribution in [1.82, 2.24) is 10.2 Å². The smallest absolute Gasteiger partial charge is 0.324 e. The van der Waals surface area contributed by atoms with E-state index >= 15 is 0 Å². The molecule has 0 radical (unpaired) electrons. The van der Waals surface area contributed by atoms with Crippen LogP contribution in [0, 0.1) is 10.1 Å². The maximum Gasteiger partial charge on any atom is 0.324 e.